The van der Waals surface area contributed by atoms with Gasteiger partial charge < -0.3 is 14.3 Å². The van der Waals surface area contributed by atoms with Crippen LogP contribution in [0.4, 0.5) is 32.0 Å². The lowest BCUT2D eigenvalue weighted by Crippen LogP contribution is -2.17. The summed E-state index contributed by atoms with van der Waals surface area (Å²) in [7, 11) is 0. The molecule has 32 heavy (non-hydrogen) atoms. The van der Waals surface area contributed by atoms with E-state index in [1.54, 1.807) is 18.2 Å². The van der Waals surface area contributed by atoms with E-state index in [4.69, 9.17) is 8.94 Å². The number of alkyl halides is 6. The van der Waals surface area contributed by atoms with Gasteiger partial charge in [-0.3, -0.25) is 4.79 Å². The minimum absolute atomic E-state index is 0.0209. The molecule has 0 saturated carbocycles. The summed E-state index contributed by atoms with van der Waals surface area (Å²) in [6.45, 7) is 0. The number of hydrogen-bond donors (Lipinski definition) is 1. The van der Waals surface area contributed by atoms with Gasteiger partial charge in [-0.25, -0.2) is 0 Å². The molecule has 2 heterocycles. The quantitative estimate of drug-likeness (QED) is 0.367. The summed E-state index contributed by atoms with van der Waals surface area (Å²) < 4.78 is 88.4. The van der Waals surface area contributed by atoms with E-state index in [-0.39, 0.29) is 17.5 Å². The van der Waals surface area contributed by atoms with Gasteiger partial charge in [0.1, 0.15) is 5.58 Å². The van der Waals surface area contributed by atoms with E-state index < -0.39 is 41.5 Å². The molecule has 0 bridgehead atoms. The lowest BCUT2D eigenvalue weighted by molar-refractivity contribution is -0.143. The second-order valence-electron chi connectivity index (χ2n) is 6.85. The SMILES string of the molecule is O=C(Cc1cc(-c2cc3ccccc3o2)on1)Nc1cc(C(F)(F)F)cc(C(F)(F)F)c1. The zero-order valence-corrected chi connectivity index (χ0v) is 15.8. The Kier molecular flexibility index (Phi) is 5.19. The zero-order chi connectivity index (χ0) is 23.1. The molecule has 2 aromatic heterocycles. The average Bonchev–Trinajstić information content (AvgIpc) is 3.32. The van der Waals surface area contributed by atoms with Gasteiger partial charge in [0.05, 0.1) is 23.2 Å². The van der Waals surface area contributed by atoms with Gasteiger partial charge in [0, 0.05) is 17.1 Å². The Morgan fingerprint density at radius 3 is 2.16 bits per heavy atom. The van der Waals surface area contributed by atoms with Crippen LogP contribution in [0.5, 0.6) is 0 Å². The first kappa shape index (κ1) is 21.5. The summed E-state index contributed by atoms with van der Waals surface area (Å²) in [5, 5.41) is 6.55. The number of nitrogens with zero attached hydrogens (tertiary/aromatic N) is 1. The van der Waals surface area contributed by atoms with E-state index in [9.17, 15) is 31.1 Å². The predicted molar refractivity (Wildman–Crippen MR) is 100 cm³/mol. The molecule has 0 spiro atoms. The smallest absolute Gasteiger partial charge is 0.416 e. The van der Waals surface area contributed by atoms with Crippen molar-refractivity contribution in [3.05, 3.63) is 71.4 Å². The summed E-state index contributed by atoms with van der Waals surface area (Å²) in [5.41, 5.74) is -2.99. The van der Waals surface area contributed by atoms with Crippen LogP contribution >= 0.6 is 0 Å². The molecule has 4 aromatic rings. The van der Waals surface area contributed by atoms with Crippen LogP contribution in [0.25, 0.3) is 22.5 Å². The molecule has 0 saturated heterocycles. The first-order valence-corrected chi connectivity index (χ1v) is 9.03. The molecule has 0 aliphatic rings. The van der Waals surface area contributed by atoms with Gasteiger partial charge in [-0.05, 0) is 30.3 Å². The summed E-state index contributed by atoms with van der Waals surface area (Å²) in [6.07, 6.45) is -10.5. The highest BCUT2D eigenvalue weighted by atomic mass is 19.4. The lowest BCUT2D eigenvalue weighted by atomic mass is 10.1. The van der Waals surface area contributed by atoms with Crippen molar-refractivity contribution in [3.8, 4) is 11.5 Å². The Balaban J connectivity index is 1.52. The number of carbonyl (C=O) groups excluding carboxylic acids is 1. The molecule has 1 amide bonds. The number of rotatable bonds is 4. The maximum absolute atomic E-state index is 12.9. The van der Waals surface area contributed by atoms with Gasteiger partial charge >= 0.3 is 12.4 Å². The molecular formula is C21H12F6N2O3. The van der Waals surface area contributed by atoms with Gasteiger partial charge in [-0.2, -0.15) is 26.3 Å². The van der Waals surface area contributed by atoms with Crippen LogP contribution in [0.2, 0.25) is 0 Å². The van der Waals surface area contributed by atoms with Crippen molar-refractivity contribution in [1.29, 1.82) is 0 Å². The van der Waals surface area contributed by atoms with Crippen LogP contribution in [-0.2, 0) is 23.6 Å². The molecule has 5 nitrogen and oxygen atoms in total. The minimum atomic E-state index is -5.02. The van der Waals surface area contributed by atoms with Gasteiger partial charge in [0.15, 0.2) is 5.76 Å². The minimum Gasteiger partial charge on any atom is -0.453 e. The third-order valence-electron chi connectivity index (χ3n) is 4.44. The molecule has 0 aliphatic heterocycles. The highest BCUT2D eigenvalue weighted by Gasteiger charge is 2.37. The highest BCUT2D eigenvalue weighted by Crippen LogP contribution is 2.37. The maximum atomic E-state index is 12.9. The summed E-state index contributed by atoms with van der Waals surface area (Å²) in [6, 6.07) is 11.1. The molecule has 166 valence electrons. The Hall–Kier alpha value is -3.76. The third-order valence-corrected chi connectivity index (χ3v) is 4.44. The summed E-state index contributed by atoms with van der Waals surface area (Å²) in [5.74, 6) is -0.317. The number of nitrogens with one attached hydrogen (secondary N) is 1. The summed E-state index contributed by atoms with van der Waals surface area (Å²) >= 11 is 0. The monoisotopic (exact) mass is 454 g/mol. The molecule has 0 radical (unpaired) electrons. The van der Waals surface area contributed by atoms with Crippen LogP contribution in [0.15, 0.2) is 63.5 Å². The van der Waals surface area contributed by atoms with Crippen molar-refractivity contribution in [2.45, 2.75) is 18.8 Å². The Morgan fingerprint density at radius 2 is 1.53 bits per heavy atom. The van der Waals surface area contributed by atoms with Crippen LogP contribution in [0.1, 0.15) is 16.8 Å². The fourth-order valence-corrected chi connectivity index (χ4v) is 3.01. The number of amides is 1. The normalized spacial score (nSPS) is 12.3. The highest BCUT2D eigenvalue weighted by molar-refractivity contribution is 5.92. The van der Waals surface area contributed by atoms with Crippen LogP contribution < -0.4 is 5.32 Å². The van der Waals surface area contributed by atoms with Crippen LogP contribution in [-0.4, -0.2) is 11.1 Å². The van der Waals surface area contributed by atoms with Crippen molar-refractivity contribution >= 4 is 22.6 Å². The number of carbonyl (C=O) groups is 1. The van der Waals surface area contributed by atoms with Gasteiger partial charge in [-0.15, -0.1) is 0 Å². The Labute approximate surface area is 175 Å². The lowest BCUT2D eigenvalue weighted by Gasteiger charge is -2.14. The van der Waals surface area contributed by atoms with Crippen molar-refractivity contribution in [1.82, 2.24) is 5.16 Å². The number of hydrogen-bond acceptors (Lipinski definition) is 4. The molecule has 0 fully saturated rings. The second-order valence-corrected chi connectivity index (χ2v) is 6.85. The third kappa shape index (κ3) is 4.61. The Bertz CT molecular complexity index is 1220. The van der Waals surface area contributed by atoms with Gasteiger partial charge in [-0.1, -0.05) is 23.4 Å². The topological polar surface area (TPSA) is 68.3 Å². The van der Waals surface area contributed by atoms with Crippen LogP contribution in [0, 0.1) is 0 Å². The molecule has 1 N–H and O–H groups in total. The van der Waals surface area contributed by atoms with Gasteiger partial charge in [0.25, 0.3) is 0 Å². The largest absolute Gasteiger partial charge is 0.453 e. The van der Waals surface area contributed by atoms with Crippen molar-refractivity contribution in [2.24, 2.45) is 0 Å². The Morgan fingerprint density at radius 1 is 0.875 bits per heavy atom. The molecule has 2 aromatic carbocycles. The molecular weight excluding hydrogens is 442 g/mol. The summed E-state index contributed by atoms with van der Waals surface area (Å²) in [4.78, 5) is 12.2. The number of para-hydroxylation sites is 1. The van der Waals surface area contributed by atoms with E-state index in [0.717, 1.165) is 5.39 Å². The van der Waals surface area contributed by atoms with E-state index in [1.807, 2.05) is 17.4 Å². The maximum Gasteiger partial charge on any atom is 0.416 e. The first-order chi connectivity index (χ1) is 15.0. The number of halogens is 6. The van der Waals surface area contributed by atoms with E-state index in [2.05, 4.69) is 5.16 Å². The molecule has 0 unspecified atom stereocenters. The number of anilines is 1. The van der Waals surface area contributed by atoms with Crippen molar-refractivity contribution < 1.29 is 40.1 Å². The first-order valence-electron chi connectivity index (χ1n) is 9.03. The van der Waals surface area contributed by atoms with Crippen LogP contribution in [0.3, 0.4) is 0 Å². The number of benzene rings is 2. The zero-order valence-electron chi connectivity index (χ0n) is 15.8. The fraction of sp³-hybridized carbons (Fsp3) is 0.143. The molecule has 0 aliphatic carbocycles. The van der Waals surface area contributed by atoms with E-state index in [1.165, 1.54) is 6.07 Å². The molecule has 4 rings (SSSR count). The van der Waals surface area contributed by atoms with E-state index in [0.29, 0.717) is 23.5 Å². The molecule has 0 atom stereocenters. The average molecular weight is 454 g/mol. The second kappa shape index (κ2) is 7.74. The standard InChI is InChI=1S/C21H12F6N2O3/c22-20(23,24)12-6-13(21(25,26)27)8-14(7-12)28-19(30)10-15-9-18(32-29-15)17-5-11-3-1-2-4-16(11)31-17/h1-9H,10H2,(H,28,30). The number of fused-ring (bicyclic) bond motifs is 1. The number of aromatic nitrogens is 1. The fourth-order valence-electron chi connectivity index (χ4n) is 3.01. The van der Waals surface area contributed by atoms with Crippen molar-refractivity contribution in [3.63, 3.8) is 0 Å². The predicted octanol–water partition coefficient (Wildman–Crippen LogP) is 6.31. The molecule has 11 heteroatoms. The van der Waals surface area contributed by atoms with Crippen molar-refractivity contribution in [2.75, 3.05) is 5.32 Å². The van der Waals surface area contributed by atoms with E-state index >= 15 is 0 Å². The van der Waals surface area contributed by atoms with Gasteiger partial charge in [0.2, 0.25) is 11.7 Å². The number of furan rings is 1.